The molecule has 2 saturated carbocycles. The van der Waals surface area contributed by atoms with E-state index in [2.05, 4.69) is 4.72 Å². The number of nitrogens with one attached hydrogen (secondary N) is 1. The maximum Gasteiger partial charge on any atom is 0.338 e. The van der Waals surface area contributed by atoms with E-state index in [9.17, 15) is 13.2 Å². The van der Waals surface area contributed by atoms with Gasteiger partial charge >= 0.3 is 5.97 Å². The molecular weight excluding hydrogens is 385 g/mol. The molecule has 0 bridgehead atoms. The lowest BCUT2D eigenvalue weighted by Gasteiger charge is -2.10. The molecular formula is C14H14Cl3NO4S. The van der Waals surface area contributed by atoms with E-state index >= 15 is 0 Å². The molecule has 1 unspecified atom stereocenters. The fourth-order valence-corrected chi connectivity index (χ4v) is 4.36. The van der Waals surface area contributed by atoms with Crippen LogP contribution in [0.15, 0.2) is 23.1 Å². The van der Waals surface area contributed by atoms with Crippen LogP contribution >= 0.6 is 34.8 Å². The molecule has 2 aliphatic carbocycles. The van der Waals surface area contributed by atoms with Gasteiger partial charge in [-0.25, -0.2) is 17.9 Å². The minimum Gasteiger partial charge on any atom is -0.462 e. The third-order valence-corrected chi connectivity index (χ3v) is 6.65. The average Bonchev–Trinajstić information content (AvgIpc) is 3.36. The Hall–Kier alpha value is -0.530. The van der Waals surface area contributed by atoms with Crippen molar-refractivity contribution in [2.75, 3.05) is 6.61 Å². The predicted molar refractivity (Wildman–Crippen MR) is 87.6 cm³/mol. The normalized spacial score (nSPS) is 22.7. The number of carbonyl (C=O) groups excluding carboxylic acids is 1. The average molecular weight is 399 g/mol. The molecule has 1 N–H and O–H groups in total. The molecule has 2 fully saturated rings. The minimum absolute atomic E-state index is 0.0532. The van der Waals surface area contributed by atoms with Crippen molar-refractivity contribution in [3.8, 4) is 0 Å². The lowest BCUT2D eigenvalue weighted by molar-refractivity contribution is 0.0485. The molecule has 1 atom stereocenters. The highest BCUT2D eigenvalue weighted by molar-refractivity contribution is 7.89. The van der Waals surface area contributed by atoms with E-state index in [1.54, 1.807) is 0 Å². The number of sulfonamides is 1. The van der Waals surface area contributed by atoms with Gasteiger partial charge in [-0.3, -0.25) is 0 Å². The highest BCUT2D eigenvalue weighted by atomic mass is 35.5. The van der Waals surface area contributed by atoms with Crippen LogP contribution < -0.4 is 4.72 Å². The van der Waals surface area contributed by atoms with E-state index in [1.807, 2.05) is 0 Å². The summed E-state index contributed by atoms with van der Waals surface area (Å²) in [5.41, 5.74) is 0.112. The van der Waals surface area contributed by atoms with Gasteiger partial charge < -0.3 is 4.74 Å². The number of ether oxygens (including phenoxy) is 1. The Morgan fingerprint density at radius 1 is 1.35 bits per heavy atom. The smallest absolute Gasteiger partial charge is 0.338 e. The highest BCUT2D eigenvalue weighted by Crippen LogP contribution is 2.53. The second kappa shape index (κ2) is 6.08. The molecule has 0 aromatic heterocycles. The van der Waals surface area contributed by atoms with Crippen LogP contribution in [0.1, 0.15) is 29.6 Å². The first-order valence-corrected chi connectivity index (χ1v) is 9.67. The van der Waals surface area contributed by atoms with Gasteiger partial charge in [0.25, 0.3) is 0 Å². The largest absolute Gasteiger partial charge is 0.462 e. The zero-order valence-corrected chi connectivity index (χ0v) is 15.0. The first kappa shape index (κ1) is 17.3. The summed E-state index contributed by atoms with van der Waals surface area (Å²) in [7, 11) is -3.75. The van der Waals surface area contributed by atoms with Gasteiger partial charge in [0.15, 0.2) is 0 Å². The first-order chi connectivity index (χ1) is 10.7. The summed E-state index contributed by atoms with van der Waals surface area (Å²) in [4.78, 5) is 11.9. The van der Waals surface area contributed by atoms with Crippen molar-refractivity contribution in [2.24, 2.45) is 5.92 Å². The fourth-order valence-electron chi connectivity index (χ4n) is 2.03. The Balaban J connectivity index is 1.72. The van der Waals surface area contributed by atoms with Crippen molar-refractivity contribution >= 4 is 50.8 Å². The van der Waals surface area contributed by atoms with Crippen molar-refractivity contribution in [3.63, 3.8) is 0 Å². The topological polar surface area (TPSA) is 72.5 Å². The zero-order valence-electron chi connectivity index (χ0n) is 11.9. The summed E-state index contributed by atoms with van der Waals surface area (Å²) in [6, 6.07) is 3.95. The second-order valence-electron chi connectivity index (χ2n) is 5.80. The number of alkyl halides is 2. The molecule has 0 heterocycles. The van der Waals surface area contributed by atoms with Gasteiger partial charge in [0.2, 0.25) is 10.0 Å². The monoisotopic (exact) mass is 397 g/mol. The third-order valence-electron chi connectivity index (χ3n) is 3.73. The van der Waals surface area contributed by atoms with Crippen molar-refractivity contribution in [3.05, 3.63) is 28.8 Å². The van der Waals surface area contributed by atoms with Crippen LogP contribution in [0.25, 0.3) is 0 Å². The number of rotatable bonds is 6. The van der Waals surface area contributed by atoms with Gasteiger partial charge in [-0.1, -0.05) is 11.6 Å². The van der Waals surface area contributed by atoms with E-state index in [-0.39, 0.29) is 34.0 Å². The molecule has 9 heteroatoms. The quantitative estimate of drug-likeness (QED) is 0.590. The molecule has 0 saturated heterocycles. The van der Waals surface area contributed by atoms with Gasteiger partial charge in [0, 0.05) is 12.0 Å². The maximum absolute atomic E-state index is 12.3. The molecule has 23 heavy (non-hydrogen) atoms. The van der Waals surface area contributed by atoms with E-state index in [4.69, 9.17) is 39.5 Å². The van der Waals surface area contributed by atoms with Gasteiger partial charge in [-0.15, -0.1) is 23.2 Å². The zero-order chi connectivity index (χ0) is 16.8. The van der Waals surface area contributed by atoms with Gasteiger partial charge in [-0.05, 0) is 37.5 Å². The van der Waals surface area contributed by atoms with Crippen LogP contribution in [0.4, 0.5) is 0 Å². The summed E-state index contributed by atoms with van der Waals surface area (Å²) in [6.07, 6.45) is 2.17. The van der Waals surface area contributed by atoms with Crippen molar-refractivity contribution < 1.29 is 17.9 Å². The Kier molecular flexibility index (Phi) is 4.57. The molecule has 1 aromatic carbocycles. The van der Waals surface area contributed by atoms with Crippen LogP contribution in [-0.2, 0) is 14.8 Å². The second-order valence-corrected chi connectivity index (χ2v) is 9.43. The van der Waals surface area contributed by atoms with Crippen LogP contribution in [0.5, 0.6) is 0 Å². The van der Waals surface area contributed by atoms with Gasteiger partial charge in [-0.2, -0.15) is 0 Å². The van der Waals surface area contributed by atoms with Crippen LogP contribution in [0.3, 0.4) is 0 Å². The summed E-state index contributed by atoms with van der Waals surface area (Å²) in [5, 5.41) is 0.0532. The lowest BCUT2D eigenvalue weighted by atomic mass is 10.2. The van der Waals surface area contributed by atoms with Crippen LogP contribution in [-0.4, -0.2) is 31.4 Å². The van der Waals surface area contributed by atoms with E-state index in [0.717, 1.165) is 12.8 Å². The van der Waals surface area contributed by atoms with Gasteiger partial charge in [0.1, 0.15) is 9.23 Å². The molecule has 0 radical (unpaired) electrons. The van der Waals surface area contributed by atoms with E-state index < -0.39 is 20.3 Å². The lowest BCUT2D eigenvalue weighted by Crippen LogP contribution is -2.26. The molecule has 0 aliphatic heterocycles. The minimum atomic E-state index is -3.75. The van der Waals surface area contributed by atoms with E-state index in [0.29, 0.717) is 6.42 Å². The molecule has 126 valence electrons. The molecule has 0 amide bonds. The SMILES string of the molecule is O=C(OCC1CC1(Cl)Cl)c1ccc(Cl)c(S(=O)(=O)NC2CC2)c1. The van der Waals surface area contributed by atoms with Gasteiger partial charge in [0.05, 0.1) is 17.2 Å². The predicted octanol–water partition coefficient (Wildman–Crippen LogP) is 3.13. The molecule has 2 aliphatic rings. The number of carbonyl (C=O) groups is 1. The summed E-state index contributed by atoms with van der Waals surface area (Å²) in [6.45, 7) is 0.0941. The highest BCUT2D eigenvalue weighted by Gasteiger charge is 2.52. The summed E-state index contributed by atoms with van der Waals surface area (Å²) < 4.78 is 31.3. The van der Waals surface area contributed by atoms with E-state index in [1.165, 1.54) is 18.2 Å². The maximum atomic E-state index is 12.3. The molecule has 5 nitrogen and oxygen atoms in total. The standard InChI is InChI=1S/C14H14Cl3NO4S/c15-11-4-1-8(13(19)22-7-9-6-14(9,16)17)5-12(11)23(20,21)18-10-2-3-10/h1,4-5,9-10,18H,2-3,6-7H2. The van der Waals surface area contributed by atoms with Crippen LogP contribution in [0, 0.1) is 5.92 Å². The Morgan fingerprint density at radius 3 is 2.57 bits per heavy atom. The number of hydrogen-bond acceptors (Lipinski definition) is 4. The number of hydrogen-bond donors (Lipinski definition) is 1. The van der Waals surface area contributed by atoms with Crippen molar-refractivity contribution in [1.29, 1.82) is 0 Å². The number of esters is 1. The Morgan fingerprint density at radius 2 is 2.00 bits per heavy atom. The van der Waals surface area contributed by atoms with Crippen LogP contribution in [0.2, 0.25) is 5.02 Å². The Labute approximate surface area is 149 Å². The van der Waals surface area contributed by atoms with Crippen molar-refractivity contribution in [1.82, 2.24) is 4.72 Å². The fraction of sp³-hybridized carbons (Fsp3) is 0.500. The first-order valence-electron chi connectivity index (χ1n) is 7.06. The molecule has 1 aromatic rings. The number of benzene rings is 1. The Bertz CT molecular complexity index is 746. The summed E-state index contributed by atoms with van der Waals surface area (Å²) in [5.74, 6) is -0.734. The molecule has 0 spiro atoms. The molecule has 3 rings (SSSR count). The number of halogens is 3. The van der Waals surface area contributed by atoms with Crippen molar-refractivity contribution in [2.45, 2.75) is 34.5 Å². The summed E-state index contributed by atoms with van der Waals surface area (Å²) >= 11 is 17.7. The third kappa shape index (κ3) is 4.12.